The maximum Gasteiger partial charge on any atom is 0.306 e. The number of benzene rings is 1. The molecule has 1 unspecified atom stereocenters. The molecule has 13 heteroatoms. The molecule has 1 saturated heterocycles. The fraction of sp³-hybridized carbons (Fsp3) is 0.683. The van der Waals surface area contributed by atoms with E-state index in [1.54, 1.807) is 36.6 Å². The molecule has 2 heterocycles. The van der Waals surface area contributed by atoms with Crippen LogP contribution in [-0.2, 0) is 25.5 Å². The predicted molar refractivity (Wildman–Crippen MR) is 212 cm³/mol. The maximum absolute atomic E-state index is 14.6. The van der Waals surface area contributed by atoms with Crippen LogP contribution in [0.2, 0.25) is 0 Å². The third-order valence-electron chi connectivity index (χ3n) is 10.6. The Labute approximate surface area is 326 Å². The molecule has 12 nitrogen and oxygen atoms in total. The number of carboxylic acid groups (broad SMARTS) is 1. The molecule has 3 amide bonds. The van der Waals surface area contributed by atoms with E-state index in [2.05, 4.69) is 36.3 Å². The number of aromatic hydroxyl groups is 1. The van der Waals surface area contributed by atoms with Crippen molar-refractivity contribution in [3.05, 3.63) is 45.9 Å². The van der Waals surface area contributed by atoms with Gasteiger partial charge in [-0.1, -0.05) is 73.4 Å². The molecule has 0 radical (unpaired) electrons. The van der Waals surface area contributed by atoms with Gasteiger partial charge in [0.05, 0.1) is 12.0 Å². The van der Waals surface area contributed by atoms with Crippen LogP contribution in [0.25, 0.3) is 0 Å². The highest BCUT2D eigenvalue weighted by molar-refractivity contribution is 7.09. The first kappa shape index (κ1) is 44.8. The van der Waals surface area contributed by atoms with E-state index in [1.807, 2.05) is 32.7 Å². The molecule has 302 valence electrons. The van der Waals surface area contributed by atoms with Crippen LogP contribution >= 0.6 is 11.3 Å². The van der Waals surface area contributed by atoms with Gasteiger partial charge in [0.15, 0.2) is 0 Å². The number of nitrogens with one attached hydrogen (secondary N) is 2. The molecule has 2 aromatic rings. The highest BCUT2D eigenvalue weighted by Crippen LogP contribution is 2.32. The van der Waals surface area contributed by atoms with Crippen molar-refractivity contribution in [1.29, 1.82) is 0 Å². The molecule has 7 atom stereocenters. The zero-order valence-electron chi connectivity index (χ0n) is 33.7. The minimum Gasteiger partial charge on any atom is -0.508 e. The fourth-order valence-corrected chi connectivity index (χ4v) is 7.97. The minimum absolute atomic E-state index is 0.0607. The van der Waals surface area contributed by atoms with Gasteiger partial charge in [-0.25, -0.2) is 4.98 Å². The van der Waals surface area contributed by atoms with Gasteiger partial charge in [-0.15, -0.1) is 11.3 Å². The second-order valence-corrected chi connectivity index (χ2v) is 16.3. The van der Waals surface area contributed by atoms with Crippen molar-refractivity contribution in [1.82, 2.24) is 25.4 Å². The zero-order chi connectivity index (χ0) is 39.9. The first-order chi connectivity index (χ1) is 25.7. The lowest BCUT2D eigenvalue weighted by Gasteiger charge is -2.40. The number of hydrogen-bond donors (Lipinski definition) is 4. The number of rotatable bonds is 22. The van der Waals surface area contributed by atoms with Crippen molar-refractivity contribution in [3.63, 3.8) is 0 Å². The van der Waals surface area contributed by atoms with Gasteiger partial charge < -0.3 is 30.5 Å². The Kier molecular flexibility index (Phi) is 18.4. The third kappa shape index (κ3) is 13.0. The number of carboxylic acids is 1. The van der Waals surface area contributed by atoms with Crippen molar-refractivity contribution in [2.45, 2.75) is 137 Å². The summed E-state index contributed by atoms with van der Waals surface area (Å²) in [4.78, 5) is 62.3. The molecule has 3 rings (SSSR count). The molecule has 0 bridgehead atoms. The number of likely N-dealkylation sites (tertiary alicyclic amines) is 1. The number of thiazole rings is 1. The highest BCUT2D eigenvalue weighted by atomic mass is 32.1. The maximum atomic E-state index is 14.6. The van der Waals surface area contributed by atoms with Crippen LogP contribution < -0.4 is 10.6 Å². The number of ether oxygens (including phenoxy) is 1. The van der Waals surface area contributed by atoms with E-state index >= 15 is 0 Å². The number of carbonyl (C=O) groups is 4. The standard InChI is InChI=1S/C41H65N5O7S/c1-9-19-46(40(50)36(27(6)11-3)44-38(49)33-14-12-13-20-45(33)8)34(26(4)5)24-35(53-21-10-2)39-43-32(25-54-39)37(48)42-30(22-28(7)41(51)52)23-29-15-17-31(47)18-16-29/h15-18,25-28,30,33-36,47H,9-14,19-24H2,1-8H3,(H,42,48)(H,44,49)(H,51,52)/t27-,28-,30+,33+,34?,35+,36-/m0/s1. The topological polar surface area (TPSA) is 161 Å². The predicted octanol–water partition coefficient (Wildman–Crippen LogP) is 6.44. The van der Waals surface area contributed by atoms with Crippen LogP contribution in [0.5, 0.6) is 5.75 Å². The number of aliphatic carboxylic acids is 1. The number of carbonyl (C=O) groups excluding carboxylic acids is 3. The van der Waals surface area contributed by atoms with Gasteiger partial charge in [0.1, 0.15) is 28.6 Å². The van der Waals surface area contributed by atoms with Crippen LogP contribution in [0, 0.1) is 17.8 Å². The second kappa shape index (κ2) is 22.1. The molecular weight excluding hydrogens is 707 g/mol. The molecule has 1 aromatic heterocycles. The van der Waals surface area contributed by atoms with Gasteiger partial charge in [0.2, 0.25) is 11.8 Å². The summed E-state index contributed by atoms with van der Waals surface area (Å²) >= 11 is 1.33. The van der Waals surface area contributed by atoms with E-state index < -0.39 is 36.0 Å². The van der Waals surface area contributed by atoms with Gasteiger partial charge in [-0.2, -0.15) is 0 Å². The van der Waals surface area contributed by atoms with E-state index in [0.29, 0.717) is 31.0 Å². The number of phenolic OH excluding ortho intramolecular Hbond substituents is 1. The Morgan fingerprint density at radius 2 is 1.72 bits per heavy atom. The summed E-state index contributed by atoms with van der Waals surface area (Å²) in [5, 5.41) is 27.8. The van der Waals surface area contributed by atoms with E-state index in [9.17, 15) is 29.4 Å². The van der Waals surface area contributed by atoms with Crippen molar-refractivity contribution in [2.75, 3.05) is 26.7 Å². The quantitative estimate of drug-likeness (QED) is 0.106. The number of hydrogen-bond acceptors (Lipinski definition) is 9. The lowest BCUT2D eigenvalue weighted by Crippen LogP contribution is -2.58. The monoisotopic (exact) mass is 771 g/mol. The van der Waals surface area contributed by atoms with E-state index in [-0.39, 0.29) is 53.6 Å². The normalized spacial score (nSPS) is 18.3. The summed E-state index contributed by atoms with van der Waals surface area (Å²) in [7, 11) is 1.97. The lowest BCUT2D eigenvalue weighted by atomic mass is 9.92. The number of phenols is 1. The first-order valence-corrected chi connectivity index (χ1v) is 20.8. The summed E-state index contributed by atoms with van der Waals surface area (Å²) in [6, 6.07) is 5.02. The number of nitrogens with zero attached hydrogens (tertiary/aromatic N) is 3. The molecule has 1 aliphatic heterocycles. The van der Waals surface area contributed by atoms with E-state index in [0.717, 1.165) is 50.6 Å². The Balaban J connectivity index is 1.86. The molecule has 1 fully saturated rings. The van der Waals surface area contributed by atoms with Gasteiger partial charge in [0.25, 0.3) is 5.91 Å². The largest absolute Gasteiger partial charge is 0.508 e. The van der Waals surface area contributed by atoms with Gasteiger partial charge >= 0.3 is 5.97 Å². The zero-order valence-corrected chi connectivity index (χ0v) is 34.5. The second-order valence-electron chi connectivity index (χ2n) is 15.4. The van der Waals surface area contributed by atoms with Crippen molar-refractivity contribution in [2.24, 2.45) is 17.8 Å². The SMILES string of the molecule is CCCO[C@H](CC(C(C)C)N(CCC)C(=O)[C@@H](NC(=O)[C@H]1CCCCN1C)[C@@H](C)CC)c1nc(C(=O)N[C@@H](Cc2ccc(O)cc2)C[C@H](C)C(=O)O)cs1. The summed E-state index contributed by atoms with van der Waals surface area (Å²) in [6.45, 7) is 15.8. The molecular formula is C41H65N5O7S. The van der Waals surface area contributed by atoms with Crippen molar-refractivity contribution >= 4 is 35.0 Å². The smallest absolute Gasteiger partial charge is 0.306 e. The summed E-state index contributed by atoms with van der Waals surface area (Å²) in [6.07, 6.45) is 5.67. The summed E-state index contributed by atoms with van der Waals surface area (Å²) < 4.78 is 6.41. The van der Waals surface area contributed by atoms with Gasteiger partial charge in [-0.3, -0.25) is 24.1 Å². The van der Waals surface area contributed by atoms with Crippen molar-refractivity contribution < 1.29 is 34.1 Å². The Hall–Kier alpha value is -3.55. The Morgan fingerprint density at radius 1 is 1.02 bits per heavy atom. The van der Waals surface area contributed by atoms with Crippen LogP contribution in [0.15, 0.2) is 29.6 Å². The molecule has 54 heavy (non-hydrogen) atoms. The molecule has 1 aliphatic rings. The number of amides is 3. The van der Waals surface area contributed by atoms with Crippen LogP contribution in [-0.4, -0.2) is 99.6 Å². The van der Waals surface area contributed by atoms with Crippen LogP contribution in [0.4, 0.5) is 0 Å². The van der Waals surface area contributed by atoms with Crippen LogP contribution in [0.1, 0.15) is 127 Å². The summed E-state index contributed by atoms with van der Waals surface area (Å²) in [5.41, 5.74) is 1.07. The number of piperidine rings is 1. The molecule has 4 N–H and O–H groups in total. The third-order valence-corrected chi connectivity index (χ3v) is 11.5. The Morgan fingerprint density at radius 3 is 2.31 bits per heavy atom. The van der Waals surface area contributed by atoms with E-state index in [4.69, 9.17) is 9.72 Å². The average Bonchev–Trinajstić information content (AvgIpc) is 3.64. The lowest BCUT2D eigenvalue weighted by molar-refractivity contribution is -0.143. The Bertz CT molecular complexity index is 1480. The molecule has 0 spiro atoms. The highest BCUT2D eigenvalue weighted by Gasteiger charge is 2.38. The molecule has 0 aliphatic carbocycles. The summed E-state index contributed by atoms with van der Waals surface area (Å²) in [5.74, 6) is -2.09. The van der Waals surface area contributed by atoms with Gasteiger partial charge in [-0.05, 0) is 81.6 Å². The number of likely N-dealkylation sites (N-methyl/N-ethyl adjacent to an activating group) is 1. The molecule has 0 saturated carbocycles. The van der Waals surface area contributed by atoms with Gasteiger partial charge in [0, 0.05) is 37.0 Å². The fourth-order valence-electron chi connectivity index (χ4n) is 7.11. The average molecular weight is 772 g/mol. The minimum atomic E-state index is -0.947. The number of aromatic nitrogens is 1. The van der Waals surface area contributed by atoms with Crippen molar-refractivity contribution in [3.8, 4) is 5.75 Å². The molecule has 1 aromatic carbocycles. The first-order valence-electron chi connectivity index (χ1n) is 19.9. The van der Waals surface area contributed by atoms with E-state index in [1.165, 1.54) is 11.3 Å². The van der Waals surface area contributed by atoms with Crippen LogP contribution in [0.3, 0.4) is 0 Å².